The van der Waals surface area contributed by atoms with E-state index >= 15 is 0 Å². The molecule has 1 aromatic rings. The quantitative estimate of drug-likeness (QED) is 0.702. The Kier molecular flexibility index (Phi) is 5.97. The molecule has 0 heterocycles. The zero-order chi connectivity index (χ0) is 9.68. The summed E-state index contributed by atoms with van der Waals surface area (Å²) in [6, 6.07) is 10.5. The Hall–Kier alpha value is -1.02. The van der Waals surface area contributed by atoms with E-state index in [1.165, 1.54) is 5.56 Å². The van der Waals surface area contributed by atoms with Crippen molar-refractivity contribution in [2.24, 2.45) is 0 Å². The lowest BCUT2D eigenvalue weighted by Gasteiger charge is -2.19. The fraction of sp³-hybridized carbons (Fsp3) is 0.364. The van der Waals surface area contributed by atoms with Crippen LogP contribution in [0, 0.1) is 0 Å². The van der Waals surface area contributed by atoms with Crippen LogP contribution in [0.3, 0.4) is 0 Å². The molecule has 0 spiro atoms. The van der Waals surface area contributed by atoms with Gasteiger partial charge in [0, 0.05) is 13.1 Å². The van der Waals surface area contributed by atoms with Gasteiger partial charge in [-0.2, -0.15) is 0 Å². The lowest BCUT2D eigenvalue weighted by Crippen LogP contribution is -2.29. The van der Waals surface area contributed by atoms with Crippen molar-refractivity contribution in [1.29, 1.82) is 0 Å². The first kappa shape index (κ1) is 13.0. The summed E-state index contributed by atoms with van der Waals surface area (Å²) < 4.78 is 0. The van der Waals surface area contributed by atoms with Crippen molar-refractivity contribution in [2.45, 2.75) is 19.4 Å². The molecule has 1 aromatic carbocycles. The molecule has 0 saturated carbocycles. The van der Waals surface area contributed by atoms with E-state index < -0.39 is 0 Å². The number of likely N-dealkylation sites (N-methyl/N-ethyl adjacent to an activating group) is 1. The number of carbonyl (C=O) groups is 1. The van der Waals surface area contributed by atoms with Gasteiger partial charge in [0.05, 0.1) is 0 Å². The van der Waals surface area contributed by atoms with E-state index in [1.54, 1.807) is 11.9 Å². The summed E-state index contributed by atoms with van der Waals surface area (Å²) in [5, 5.41) is 0. The molecule has 0 aliphatic rings. The van der Waals surface area contributed by atoms with Crippen LogP contribution in [0.2, 0.25) is 0 Å². The zero-order valence-electron chi connectivity index (χ0n) is 8.51. The number of hydrogen-bond acceptors (Lipinski definition) is 1. The molecule has 1 unspecified atom stereocenters. The Bertz CT molecular complexity index is 263. The van der Waals surface area contributed by atoms with Crippen molar-refractivity contribution >= 4 is 18.8 Å². The molecule has 0 N–H and O–H groups in total. The summed E-state index contributed by atoms with van der Waals surface area (Å²) >= 11 is 0. The van der Waals surface area contributed by atoms with Crippen LogP contribution in [0.25, 0.3) is 0 Å². The van der Waals surface area contributed by atoms with Crippen LogP contribution in [-0.4, -0.2) is 24.4 Å². The molecule has 0 fully saturated rings. The van der Waals surface area contributed by atoms with Crippen LogP contribution in [0.5, 0.6) is 0 Å². The third kappa shape index (κ3) is 3.79. The lowest BCUT2D eigenvalue weighted by molar-refractivity contribution is -0.118. The molecule has 1 rings (SSSR count). The van der Waals surface area contributed by atoms with Gasteiger partial charge in [-0.1, -0.05) is 30.3 Å². The van der Waals surface area contributed by atoms with E-state index in [-0.39, 0.29) is 18.4 Å². The minimum atomic E-state index is 0. The van der Waals surface area contributed by atoms with E-state index in [4.69, 9.17) is 0 Å². The molecule has 1 amide bonds. The maximum atomic E-state index is 10.5. The van der Waals surface area contributed by atoms with Gasteiger partial charge in [0.15, 0.2) is 0 Å². The van der Waals surface area contributed by atoms with Gasteiger partial charge in [0.2, 0.25) is 6.41 Å². The largest absolute Gasteiger partial charge is 0.345 e. The lowest BCUT2D eigenvalue weighted by atomic mass is 10.1. The van der Waals surface area contributed by atoms with E-state index in [1.807, 2.05) is 25.1 Å². The van der Waals surface area contributed by atoms with Gasteiger partial charge in [-0.15, -0.1) is 12.4 Å². The molecule has 0 radical (unpaired) electrons. The highest BCUT2D eigenvalue weighted by atomic mass is 35.5. The van der Waals surface area contributed by atoms with Gasteiger partial charge in [-0.05, 0) is 18.9 Å². The minimum Gasteiger partial charge on any atom is -0.345 e. The van der Waals surface area contributed by atoms with Crippen molar-refractivity contribution < 1.29 is 4.79 Å². The van der Waals surface area contributed by atoms with Gasteiger partial charge in [-0.25, -0.2) is 0 Å². The number of halogens is 1. The predicted octanol–water partition coefficient (Wildman–Crippen LogP) is 2.13. The van der Waals surface area contributed by atoms with Crippen molar-refractivity contribution in [3.8, 4) is 0 Å². The van der Waals surface area contributed by atoms with Gasteiger partial charge >= 0.3 is 0 Å². The van der Waals surface area contributed by atoms with Gasteiger partial charge in [0.1, 0.15) is 0 Å². The highest BCUT2D eigenvalue weighted by Crippen LogP contribution is 2.05. The SMILES string of the molecule is CC(Cc1ccccc1)N(C)C=O.Cl. The average molecular weight is 214 g/mol. The second-order valence-corrected chi connectivity index (χ2v) is 3.31. The second kappa shape index (κ2) is 6.44. The van der Waals surface area contributed by atoms with Crippen LogP contribution in [0.4, 0.5) is 0 Å². The van der Waals surface area contributed by atoms with E-state index in [0.717, 1.165) is 12.8 Å². The fourth-order valence-corrected chi connectivity index (χ4v) is 1.20. The fourth-order valence-electron chi connectivity index (χ4n) is 1.20. The third-order valence-corrected chi connectivity index (χ3v) is 2.24. The standard InChI is InChI=1S/C11H15NO.ClH/c1-10(12(2)9-13)8-11-6-4-3-5-7-11;/h3-7,9-10H,8H2,1-2H3;1H. The molecule has 78 valence electrons. The predicted molar refractivity (Wildman–Crippen MR) is 60.7 cm³/mol. The summed E-state index contributed by atoms with van der Waals surface area (Å²) in [4.78, 5) is 12.1. The molecule has 2 nitrogen and oxygen atoms in total. The molecule has 0 saturated heterocycles. The Morgan fingerprint density at radius 2 is 1.93 bits per heavy atom. The maximum Gasteiger partial charge on any atom is 0.209 e. The highest BCUT2D eigenvalue weighted by molar-refractivity contribution is 5.85. The van der Waals surface area contributed by atoms with Crippen LogP contribution in [0.1, 0.15) is 12.5 Å². The molecule has 1 atom stereocenters. The topological polar surface area (TPSA) is 20.3 Å². The molecule has 0 aromatic heterocycles. The molecule has 0 aliphatic carbocycles. The minimum absolute atomic E-state index is 0. The summed E-state index contributed by atoms with van der Waals surface area (Å²) in [5.41, 5.74) is 1.27. The number of amides is 1. The molecule has 14 heavy (non-hydrogen) atoms. The Morgan fingerprint density at radius 1 is 1.36 bits per heavy atom. The number of rotatable bonds is 4. The second-order valence-electron chi connectivity index (χ2n) is 3.31. The van der Waals surface area contributed by atoms with Crippen molar-refractivity contribution in [3.63, 3.8) is 0 Å². The van der Waals surface area contributed by atoms with Crippen LogP contribution in [-0.2, 0) is 11.2 Å². The Labute approximate surface area is 91.3 Å². The highest BCUT2D eigenvalue weighted by Gasteiger charge is 2.06. The molecule has 0 aliphatic heterocycles. The molecule has 3 heteroatoms. The first-order valence-electron chi connectivity index (χ1n) is 4.45. The number of carbonyl (C=O) groups excluding carboxylic acids is 1. The first-order chi connectivity index (χ1) is 6.24. The first-order valence-corrected chi connectivity index (χ1v) is 4.45. The molecular weight excluding hydrogens is 198 g/mol. The average Bonchev–Trinajstić information content (AvgIpc) is 2.18. The van der Waals surface area contributed by atoms with Gasteiger partial charge < -0.3 is 4.90 Å². The Morgan fingerprint density at radius 3 is 2.43 bits per heavy atom. The summed E-state index contributed by atoms with van der Waals surface area (Å²) in [6.45, 7) is 2.04. The monoisotopic (exact) mass is 213 g/mol. The Balaban J connectivity index is 0.00000169. The van der Waals surface area contributed by atoms with Crippen molar-refractivity contribution in [2.75, 3.05) is 7.05 Å². The summed E-state index contributed by atoms with van der Waals surface area (Å²) in [5.74, 6) is 0. The number of hydrogen-bond donors (Lipinski definition) is 0. The van der Waals surface area contributed by atoms with Gasteiger partial charge in [0.25, 0.3) is 0 Å². The van der Waals surface area contributed by atoms with Crippen LogP contribution < -0.4 is 0 Å². The number of benzene rings is 1. The third-order valence-electron chi connectivity index (χ3n) is 2.24. The van der Waals surface area contributed by atoms with Crippen molar-refractivity contribution in [3.05, 3.63) is 35.9 Å². The molecule has 0 bridgehead atoms. The summed E-state index contributed by atoms with van der Waals surface area (Å²) in [7, 11) is 1.81. The van der Waals surface area contributed by atoms with E-state index in [0.29, 0.717) is 0 Å². The smallest absolute Gasteiger partial charge is 0.209 e. The van der Waals surface area contributed by atoms with Crippen molar-refractivity contribution in [1.82, 2.24) is 4.90 Å². The van der Waals surface area contributed by atoms with Crippen LogP contribution >= 0.6 is 12.4 Å². The maximum absolute atomic E-state index is 10.5. The molecular formula is C11H16ClNO. The van der Waals surface area contributed by atoms with Gasteiger partial charge in [-0.3, -0.25) is 4.79 Å². The van der Waals surface area contributed by atoms with Crippen LogP contribution in [0.15, 0.2) is 30.3 Å². The number of nitrogens with zero attached hydrogens (tertiary/aromatic N) is 1. The summed E-state index contributed by atoms with van der Waals surface area (Å²) in [6.07, 6.45) is 1.78. The van der Waals surface area contributed by atoms with E-state index in [9.17, 15) is 4.79 Å². The normalized spacial score (nSPS) is 11.3. The zero-order valence-corrected chi connectivity index (χ0v) is 9.33. The van der Waals surface area contributed by atoms with E-state index in [2.05, 4.69) is 12.1 Å².